The molecule has 128 valence electrons. The number of pyridine rings is 1. The lowest BCUT2D eigenvalue weighted by Gasteiger charge is -2.06. The predicted octanol–water partition coefficient (Wildman–Crippen LogP) is 2.09. The fraction of sp³-hybridized carbons (Fsp3) is 0.0625. The SMILES string of the molecule is Cc1ccnc(N/C=C(/C#N)C(=O)Nc2cccc(S(=O)(=O)O)c2)c1. The summed E-state index contributed by atoms with van der Waals surface area (Å²) < 4.78 is 31.2. The van der Waals surface area contributed by atoms with Gasteiger partial charge in [0, 0.05) is 18.1 Å². The number of carbonyl (C=O) groups is 1. The van der Waals surface area contributed by atoms with Crippen LogP contribution in [0.3, 0.4) is 0 Å². The van der Waals surface area contributed by atoms with Gasteiger partial charge in [-0.3, -0.25) is 9.35 Å². The van der Waals surface area contributed by atoms with Gasteiger partial charge in [-0.15, -0.1) is 0 Å². The molecule has 1 amide bonds. The Morgan fingerprint density at radius 1 is 1.32 bits per heavy atom. The number of nitrogens with one attached hydrogen (secondary N) is 2. The molecular weight excluding hydrogens is 344 g/mol. The molecule has 0 atom stereocenters. The molecule has 0 bridgehead atoms. The second kappa shape index (κ2) is 7.57. The summed E-state index contributed by atoms with van der Waals surface area (Å²) in [6, 6.07) is 10.3. The number of amides is 1. The molecule has 2 rings (SSSR count). The molecule has 0 aliphatic carbocycles. The molecule has 8 nitrogen and oxygen atoms in total. The number of anilines is 2. The number of aromatic nitrogens is 1. The summed E-state index contributed by atoms with van der Waals surface area (Å²) in [5.74, 6) is -0.274. The Balaban J connectivity index is 2.15. The van der Waals surface area contributed by atoms with E-state index in [2.05, 4.69) is 15.6 Å². The normalized spacial score (nSPS) is 11.5. The molecule has 0 aliphatic rings. The van der Waals surface area contributed by atoms with E-state index in [9.17, 15) is 13.2 Å². The zero-order valence-electron chi connectivity index (χ0n) is 13.1. The summed E-state index contributed by atoms with van der Waals surface area (Å²) in [6.07, 6.45) is 2.78. The lowest BCUT2D eigenvalue weighted by molar-refractivity contribution is -0.112. The molecule has 1 aromatic heterocycles. The van der Waals surface area contributed by atoms with Gasteiger partial charge in [0.15, 0.2) is 0 Å². The first-order chi connectivity index (χ1) is 11.8. The number of benzene rings is 1. The number of hydrogen-bond donors (Lipinski definition) is 3. The predicted molar refractivity (Wildman–Crippen MR) is 91.2 cm³/mol. The quantitative estimate of drug-likeness (QED) is 0.423. The number of carbonyl (C=O) groups excluding carboxylic acids is 1. The monoisotopic (exact) mass is 358 g/mol. The second-order valence-corrected chi connectivity index (χ2v) is 6.41. The van der Waals surface area contributed by atoms with E-state index in [1.807, 2.05) is 6.92 Å². The number of rotatable bonds is 5. The maximum Gasteiger partial charge on any atom is 0.294 e. The largest absolute Gasteiger partial charge is 0.345 e. The maximum absolute atomic E-state index is 12.1. The Morgan fingerprint density at radius 3 is 2.72 bits per heavy atom. The molecule has 0 spiro atoms. The molecule has 2 aromatic rings. The van der Waals surface area contributed by atoms with E-state index < -0.39 is 16.0 Å². The lowest BCUT2D eigenvalue weighted by Crippen LogP contribution is -2.15. The van der Waals surface area contributed by atoms with Crippen molar-refractivity contribution in [3.8, 4) is 6.07 Å². The summed E-state index contributed by atoms with van der Waals surface area (Å²) in [6.45, 7) is 1.87. The summed E-state index contributed by atoms with van der Waals surface area (Å²) in [7, 11) is -4.39. The van der Waals surface area contributed by atoms with Crippen LogP contribution in [0.15, 0.2) is 59.3 Å². The van der Waals surface area contributed by atoms with Gasteiger partial charge in [-0.25, -0.2) is 4.98 Å². The van der Waals surface area contributed by atoms with Crippen molar-refractivity contribution in [2.24, 2.45) is 0 Å². The van der Waals surface area contributed by atoms with Crippen LogP contribution in [0.2, 0.25) is 0 Å². The summed E-state index contributed by atoms with van der Waals surface area (Å²) in [5, 5.41) is 14.2. The van der Waals surface area contributed by atoms with Crippen LogP contribution in [0, 0.1) is 18.3 Å². The smallest absolute Gasteiger partial charge is 0.294 e. The van der Waals surface area contributed by atoms with Gasteiger partial charge in [-0.2, -0.15) is 13.7 Å². The molecule has 1 aromatic carbocycles. The first kappa shape index (κ1) is 18.1. The third kappa shape index (κ3) is 5.13. The standard InChI is InChI=1S/C16H14N4O4S/c1-11-5-6-18-15(7-11)19-10-12(9-17)16(21)20-13-3-2-4-14(8-13)25(22,23)24/h2-8,10H,1H3,(H,18,19)(H,20,21)(H,22,23,24)/b12-10-. The van der Waals surface area contributed by atoms with E-state index in [4.69, 9.17) is 9.81 Å². The summed E-state index contributed by atoms with van der Waals surface area (Å²) in [5.41, 5.74) is 0.839. The van der Waals surface area contributed by atoms with Crippen LogP contribution in [0.5, 0.6) is 0 Å². The van der Waals surface area contributed by atoms with Gasteiger partial charge in [0.05, 0.1) is 4.90 Å². The third-order valence-electron chi connectivity index (χ3n) is 3.03. The van der Waals surface area contributed by atoms with Crippen LogP contribution in [-0.2, 0) is 14.9 Å². The van der Waals surface area contributed by atoms with E-state index in [0.29, 0.717) is 5.82 Å². The van der Waals surface area contributed by atoms with E-state index in [0.717, 1.165) is 11.6 Å². The fourth-order valence-electron chi connectivity index (χ4n) is 1.84. The van der Waals surface area contributed by atoms with Crippen molar-refractivity contribution in [1.29, 1.82) is 5.26 Å². The lowest BCUT2D eigenvalue weighted by atomic mass is 10.2. The minimum absolute atomic E-state index is 0.120. The van der Waals surface area contributed by atoms with Crippen LogP contribution in [0.1, 0.15) is 5.56 Å². The molecule has 0 saturated heterocycles. The van der Waals surface area contributed by atoms with Crippen LogP contribution in [0.4, 0.5) is 11.5 Å². The number of hydrogen-bond acceptors (Lipinski definition) is 6. The summed E-state index contributed by atoms with van der Waals surface area (Å²) >= 11 is 0. The van der Waals surface area contributed by atoms with Gasteiger partial charge in [0.2, 0.25) is 0 Å². The first-order valence-electron chi connectivity index (χ1n) is 6.98. The van der Waals surface area contributed by atoms with Crippen molar-refractivity contribution in [1.82, 2.24) is 4.98 Å². The summed E-state index contributed by atoms with van der Waals surface area (Å²) in [4.78, 5) is 15.8. The molecule has 9 heteroatoms. The Morgan fingerprint density at radius 2 is 2.08 bits per heavy atom. The zero-order valence-corrected chi connectivity index (χ0v) is 13.9. The van der Waals surface area contributed by atoms with Crippen molar-refractivity contribution in [3.05, 3.63) is 59.9 Å². The highest BCUT2D eigenvalue weighted by molar-refractivity contribution is 7.85. The van der Waals surface area contributed by atoms with Gasteiger partial charge in [0.1, 0.15) is 17.5 Å². The highest BCUT2D eigenvalue weighted by atomic mass is 32.2. The van der Waals surface area contributed by atoms with Crippen LogP contribution >= 0.6 is 0 Å². The van der Waals surface area contributed by atoms with E-state index in [1.165, 1.54) is 24.4 Å². The van der Waals surface area contributed by atoms with Crippen LogP contribution in [0.25, 0.3) is 0 Å². The molecule has 0 aliphatic heterocycles. The Kier molecular flexibility index (Phi) is 5.49. The molecule has 0 radical (unpaired) electrons. The van der Waals surface area contributed by atoms with Gasteiger partial charge in [-0.05, 0) is 42.8 Å². The Hall–Kier alpha value is -3.22. The zero-order chi connectivity index (χ0) is 18.4. The second-order valence-electron chi connectivity index (χ2n) is 4.99. The third-order valence-corrected chi connectivity index (χ3v) is 3.88. The van der Waals surface area contributed by atoms with E-state index >= 15 is 0 Å². The van der Waals surface area contributed by atoms with Gasteiger partial charge in [0.25, 0.3) is 16.0 Å². The van der Waals surface area contributed by atoms with Crippen LogP contribution < -0.4 is 10.6 Å². The van der Waals surface area contributed by atoms with Gasteiger partial charge in [-0.1, -0.05) is 6.07 Å². The Bertz CT molecular complexity index is 978. The first-order valence-corrected chi connectivity index (χ1v) is 8.42. The van der Waals surface area contributed by atoms with Crippen molar-refractivity contribution in [3.63, 3.8) is 0 Å². The number of nitriles is 1. The minimum atomic E-state index is -4.39. The molecule has 0 unspecified atom stereocenters. The van der Waals surface area contributed by atoms with Crippen LogP contribution in [-0.4, -0.2) is 23.9 Å². The topological polar surface area (TPSA) is 132 Å². The van der Waals surface area contributed by atoms with Crippen molar-refractivity contribution in [2.45, 2.75) is 11.8 Å². The molecule has 0 saturated carbocycles. The molecule has 0 fully saturated rings. The van der Waals surface area contributed by atoms with Crippen molar-refractivity contribution >= 4 is 27.5 Å². The molecule has 25 heavy (non-hydrogen) atoms. The van der Waals surface area contributed by atoms with Gasteiger partial charge >= 0.3 is 0 Å². The van der Waals surface area contributed by atoms with E-state index in [-0.39, 0.29) is 16.2 Å². The fourth-order valence-corrected chi connectivity index (χ4v) is 2.37. The average Bonchev–Trinajstić information content (AvgIpc) is 2.55. The highest BCUT2D eigenvalue weighted by Crippen LogP contribution is 2.16. The van der Waals surface area contributed by atoms with Crippen molar-refractivity contribution in [2.75, 3.05) is 10.6 Å². The number of nitrogens with zero attached hydrogens (tertiary/aromatic N) is 2. The average molecular weight is 358 g/mol. The van der Waals surface area contributed by atoms with Crippen molar-refractivity contribution < 1.29 is 17.8 Å². The molecular formula is C16H14N4O4S. The maximum atomic E-state index is 12.1. The molecule has 3 N–H and O–H groups in total. The minimum Gasteiger partial charge on any atom is -0.345 e. The van der Waals surface area contributed by atoms with E-state index in [1.54, 1.807) is 24.4 Å². The van der Waals surface area contributed by atoms with Gasteiger partial charge < -0.3 is 10.6 Å². The Labute approximate surface area is 144 Å². The number of aryl methyl sites for hydroxylation is 1. The highest BCUT2D eigenvalue weighted by Gasteiger charge is 2.13. The molecule has 1 heterocycles.